The van der Waals surface area contributed by atoms with Crippen molar-refractivity contribution in [3.05, 3.63) is 52.1 Å². The zero-order chi connectivity index (χ0) is 24.3. The summed E-state index contributed by atoms with van der Waals surface area (Å²) in [5.74, 6) is -2.55. The summed E-state index contributed by atoms with van der Waals surface area (Å²) >= 11 is 0. The first-order valence-corrected chi connectivity index (χ1v) is 10.9. The van der Waals surface area contributed by atoms with Crippen molar-refractivity contribution in [2.24, 2.45) is 0 Å². The van der Waals surface area contributed by atoms with Crippen LogP contribution in [0, 0.1) is 26.6 Å². The number of hydrogen-bond acceptors (Lipinski definition) is 4. The number of Topliss-reactive ketones (excluding diaryl/α,β-unsaturated/α-hetero) is 1. The molecule has 2 heterocycles. The molecule has 2 amide bonds. The minimum absolute atomic E-state index is 0.0150. The molecule has 3 rings (SSSR count). The molecule has 1 saturated heterocycles. The van der Waals surface area contributed by atoms with Gasteiger partial charge in [0.05, 0.1) is 17.8 Å². The fourth-order valence-corrected chi connectivity index (χ4v) is 4.19. The molecule has 178 valence electrons. The number of amides is 2. The number of nitrogens with one attached hydrogen (secondary N) is 2. The van der Waals surface area contributed by atoms with Crippen LogP contribution in [0.3, 0.4) is 0 Å². The Morgan fingerprint density at radius 1 is 1.15 bits per heavy atom. The second-order valence-electron chi connectivity index (χ2n) is 8.65. The van der Waals surface area contributed by atoms with E-state index in [1.165, 1.54) is 22.8 Å². The lowest BCUT2D eigenvalue weighted by atomic mass is 9.92. The molecular weight excluding hydrogens is 432 g/mol. The minimum Gasteiger partial charge on any atom is -0.381 e. The maximum Gasteiger partial charge on any atom is 0.294 e. The number of nitrogens with zero attached hydrogens (tertiary/aromatic N) is 1. The van der Waals surface area contributed by atoms with E-state index < -0.39 is 35.6 Å². The molecule has 0 radical (unpaired) electrons. The lowest BCUT2D eigenvalue weighted by molar-refractivity contribution is -0.119. The first-order valence-electron chi connectivity index (χ1n) is 10.9. The third-order valence-electron chi connectivity index (χ3n) is 6.15. The molecule has 9 heteroatoms. The standard InChI is InChI=1S/C24H29F2N3O4/c1-14-13-17(5-6-18(14)26)27-22(31)19-15(2)20(29(10-9-25)16(19)3)21(30)23(32)28-24(4)7-11-33-12-8-24/h5-6,13H,7-12H2,1-4H3,(H,27,31)(H,28,32). The molecule has 1 aromatic heterocycles. The van der Waals surface area contributed by atoms with Crippen LogP contribution in [0.5, 0.6) is 0 Å². The number of hydrogen-bond donors (Lipinski definition) is 2. The molecular formula is C24H29F2N3O4. The molecule has 0 unspecified atom stereocenters. The van der Waals surface area contributed by atoms with E-state index in [1.807, 2.05) is 6.92 Å². The number of ketones is 1. The molecule has 2 aromatic rings. The summed E-state index contributed by atoms with van der Waals surface area (Å²) in [7, 11) is 0. The van der Waals surface area contributed by atoms with Gasteiger partial charge in [0, 0.05) is 30.1 Å². The van der Waals surface area contributed by atoms with Crippen LogP contribution in [0.25, 0.3) is 0 Å². The van der Waals surface area contributed by atoms with Crippen LogP contribution in [0.2, 0.25) is 0 Å². The van der Waals surface area contributed by atoms with Crippen molar-refractivity contribution >= 4 is 23.3 Å². The lowest BCUT2D eigenvalue weighted by Crippen LogP contribution is -2.51. The van der Waals surface area contributed by atoms with Crippen molar-refractivity contribution in [1.29, 1.82) is 0 Å². The van der Waals surface area contributed by atoms with Crippen LogP contribution in [0.15, 0.2) is 18.2 Å². The van der Waals surface area contributed by atoms with E-state index in [2.05, 4.69) is 10.6 Å². The first-order chi connectivity index (χ1) is 15.6. The summed E-state index contributed by atoms with van der Waals surface area (Å²) in [6.45, 7) is 6.60. The molecule has 7 nitrogen and oxygen atoms in total. The van der Waals surface area contributed by atoms with Crippen LogP contribution in [0.1, 0.15) is 57.4 Å². The smallest absolute Gasteiger partial charge is 0.294 e. The molecule has 0 bridgehead atoms. The second kappa shape index (κ2) is 9.82. The van der Waals surface area contributed by atoms with Gasteiger partial charge in [0.15, 0.2) is 0 Å². The quantitative estimate of drug-likeness (QED) is 0.487. The molecule has 1 aliphatic rings. The molecule has 0 aliphatic carbocycles. The number of ether oxygens (including phenoxy) is 1. The highest BCUT2D eigenvalue weighted by Gasteiger charge is 2.34. The molecule has 1 aliphatic heterocycles. The fourth-order valence-electron chi connectivity index (χ4n) is 4.19. The number of aromatic nitrogens is 1. The largest absolute Gasteiger partial charge is 0.381 e. The first kappa shape index (κ1) is 24.6. The Bertz CT molecular complexity index is 1090. The second-order valence-corrected chi connectivity index (χ2v) is 8.65. The zero-order valence-electron chi connectivity index (χ0n) is 19.3. The lowest BCUT2D eigenvalue weighted by Gasteiger charge is -2.34. The van der Waals surface area contributed by atoms with Gasteiger partial charge in [0.2, 0.25) is 0 Å². The third kappa shape index (κ3) is 5.13. The molecule has 0 spiro atoms. The summed E-state index contributed by atoms with van der Waals surface area (Å²) in [5, 5.41) is 5.48. The van der Waals surface area contributed by atoms with Crippen molar-refractivity contribution in [2.45, 2.75) is 52.6 Å². The number of carbonyl (C=O) groups is 3. The fraction of sp³-hybridized carbons (Fsp3) is 0.458. The maximum atomic E-state index is 13.6. The van der Waals surface area contributed by atoms with E-state index >= 15 is 0 Å². The highest BCUT2D eigenvalue weighted by molar-refractivity contribution is 6.43. The monoisotopic (exact) mass is 461 g/mol. The maximum absolute atomic E-state index is 13.6. The number of anilines is 1. The predicted octanol–water partition coefficient (Wildman–Crippen LogP) is 3.64. The Hall–Kier alpha value is -3.07. The van der Waals surface area contributed by atoms with E-state index in [9.17, 15) is 23.2 Å². The van der Waals surface area contributed by atoms with Gasteiger partial charge in [-0.25, -0.2) is 8.78 Å². The van der Waals surface area contributed by atoms with Crippen molar-refractivity contribution in [1.82, 2.24) is 9.88 Å². The normalized spacial score (nSPS) is 15.2. The molecule has 1 fully saturated rings. The zero-order valence-corrected chi connectivity index (χ0v) is 19.3. The number of rotatable bonds is 7. The highest BCUT2D eigenvalue weighted by atomic mass is 19.1. The number of aryl methyl sites for hydroxylation is 1. The number of alkyl halides is 1. The van der Waals surface area contributed by atoms with Crippen molar-refractivity contribution in [2.75, 3.05) is 25.2 Å². The van der Waals surface area contributed by atoms with Crippen molar-refractivity contribution in [3.63, 3.8) is 0 Å². The van der Waals surface area contributed by atoms with Gasteiger partial charge in [0.25, 0.3) is 17.6 Å². The van der Waals surface area contributed by atoms with Gasteiger partial charge in [-0.3, -0.25) is 14.4 Å². The summed E-state index contributed by atoms with van der Waals surface area (Å²) in [6, 6.07) is 4.16. The SMILES string of the molecule is Cc1cc(NC(=O)c2c(C)c(C(=O)C(=O)NC3(C)CCOCC3)n(CCF)c2C)ccc1F. The Labute approximate surface area is 191 Å². The topological polar surface area (TPSA) is 89.4 Å². The Balaban J connectivity index is 1.92. The molecule has 0 atom stereocenters. The Morgan fingerprint density at radius 3 is 2.42 bits per heavy atom. The van der Waals surface area contributed by atoms with Crippen molar-refractivity contribution in [3.8, 4) is 0 Å². The van der Waals surface area contributed by atoms with Crippen LogP contribution < -0.4 is 10.6 Å². The van der Waals surface area contributed by atoms with Crippen LogP contribution in [0.4, 0.5) is 14.5 Å². The molecule has 1 aromatic carbocycles. The van der Waals surface area contributed by atoms with Gasteiger partial charge in [-0.15, -0.1) is 0 Å². The van der Waals surface area contributed by atoms with Crippen LogP contribution in [-0.4, -0.2) is 47.6 Å². The number of benzene rings is 1. The van der Waals surface area contributed by atoms with Gasteiger partial charge in [-0.2, -0.15) is 0 Å². The predicted molar refractivity (Wildman–Crippen MR) is 120 cm³/mol. The van der Waals surface area contributed by atoms with Gasteiger partial charge in [0.1, 0.15) is 12.5 Å². The van der Waals surface area contributed by atoms with E-state index in [4.69, 9.17) is 4.74 Å². The summed E-state index contributed by atoms with van der Waals surface area (Å²) in [5.41, 5.74) is 0.994. The molecule has 33 heavy (non-hydrogen) atoms. The van der Waals surface area contributed by atoms with E-state index in [0.717, 1.165) is 0 Å². The van der Waals surface area contributed by atoms with Gasteiger partial charge >= 0.3 is 0 Å². The van der Waals surface area contributed by atoms with Gasteiger partial charge in [-0.05, 0) is 69.9 Å². The minimum atomic E-state index is -0.826. The van der Waals surface area contributed by atoms with Crippen molar-refractivity contribution < 1.29 is 27.9 Å². The van der Waals surface area contributed by atoms with Crippen LogP contribution in [-0.2, 0) is 16.1 Å². The van der Waals surface area contributed by atoms with E-state index in [0.29, 0.717) is 43.0 Å². The molecule has 0 saturated carbocycles. The van der Waals surface area contributed by atoms with Crippen LogP contribution >= 0.6 is 0 Å². The summed E-state index contributed by atoms with van der Waals surface area (Å²) < 4.78 is 33.6. The average molecular weight is 462 g/mol. The Morgan fingerprint density at radius 2 is 1.82 bits per heavy atom. The van der Waals surface area contributed by atoms with Gasteiger partial charge in [-0.1, -0.05) is 0 Å². The third-order valence-corrected chi connectivity index (χ3v) is 6.15. The average Bonchev–Trinajstić information content (AvgIpc) is 3.00. The number of halogens is 2. The molecule has 2 N–H and O–H groups in total. The summed E-state index contributed by atoms with van der Waals surface area (Å²) in [6.07, 6.45) is 1.14. The summed E-state index contributed by atoms with van der Waals surface area (Å²) in [4.78, 5) is 39.0. The Kier molecular flexibility index (Phi) is 7.31. The van der Waals surface area contributed by atoms with E-state index in [-0.39, 0.29) is 23.4 Å². The highest BCUT2D eigenvalue weighted by Crippen LogP contribution is 2.26. The van der Waals surface area contributed by atoms with Gasteiger partial charge < -0.3 is 19.9 Å². The van der Waals surface area contributed by atoms with E-state index in [1.54, 1.807) is 20.8 Å². The number of carbonyl (C=O) groups excluding carboxylic acids is 3.